The first-order valence-electron chi connectivity index (χ1n) is 12.7. The van der Waals surface area contributed by atoms with Gasteiger partial charge in [-0.25, -0.2) is 4.79 Å². The highest BCUT2D eigenvalue weighted by Crippen LogP contribution is 2.47. The number of benzene rings is 1. The second-order valence-corrected chi connectivity index (χ2v) is 9.99. The van der Waals surface area contributed by atoms with E-state index in [1.807, 2.05) is 6.92 Å². The molecule has 194 valence electrons. The average molecular weight is 498 g/mol. The number of ketones is 1. The maximum atomic E-state index is 13.8. The van der Waals surface area contributed by atoms with Crippen LogP contribution in [0.4, 0.5) is 0 Å². The van der Waals surface area contributed by atoms with Gasteiger partial charge in [0.15, 0.2) is 17.3 Å². The first-order valence-corrected chi connectivity index (χ1v) is 12.7. The summed E-state index contributed by atoms with van der Waals surface area (Å²) in [7, 11) is 2.71. The monoisotopic (exact) mass is 497 g/mol. The molecule has 1 aliphatic heterocycles. The Morgan fingerprint density at radius 3 is 2.42 bits per heavy atom. The summed E-state index contributed by atoms with van der Waals surface area (Å²) in [5.41, 5.74) is 2.58. The van der Waals surface area contributed by atoms with Crippen molar-refractivity contribution in [2.45, 2.75) is 70.8 Å². The van der Waals surface area contributed by atoms with Crippen LogP contribution in [0, 0.1) is 11.8 Å². The lowest BCUT2D eigenvalue weighted by Crippen LogP contribution is -2.43. The molecule has 8 heteroatoms. The highest BCUT2D eigenvalue weighted by Gasteiger charge is 2.47. The van der Waals surface area contributed by atoms with Crippen LogP contribution in [-0.2, 0) is 23.9 Å². The number of hydrogen-bond acceptors (Lipinski definition) is 8. The number of ether oxygens (including phenoxy) is 3. The second-order valence-electron chi connectivity index (χ2n) is 9.99. The van der Waals surface area contributed by atoms with E-state index in [1.165, 1.54) is 20.3 Å². The van der Waals surface area contributed by atoms with E-state index >= 15 is 0 Å². The van der Waals surface area contributed by atoms with Gasteiger partial charge in [0.25, 0.3) is 0 Å². The summed E-state index contributed by atoms with van der Waals surface area (Å²) in [6.07, 6.45) is 6.20. The molecule has 1 heterocycles. The number of dihydropyridines is 1. The second kappa shape index (κ2) is 10.8. The third-order valence-corrected chi connectivity index (χ3v) is 7.58. The third kappa shape index (κ3) is 4.86. The van der Waals surface area contributed by atoms with Gasteiger partial charge in [0.2, 0.25) is 0 Å². The van der Waals surface area contributed by atoms with Gasteiger partial charge in [-0.2, -0.15) is 0 Å². The fourth-order valence-electron chi connectivity index (χ4n) is 5.73. The van der Waals surface area contributed by atoms with Crippen LogP contribution in [0.3, 0.4) is 0 Å². The Bertz CT molecular complexity index is 1110. The minimum absolute atomic E-state index is 0.0521. The van der Waals surface area contributed by atoms with Gasteiger partial charge in [-0.05, 0) is 62.6 Å². The highest BCUT2D eigenvalue weighted by molar-refractivity contribution is 6.12. The van der Waals surface area contributed by atoms with Crippen molar-refractivity contribution in [1.29, 1.82) is 0 Å². The fraction of sp³-hybridized carbons (Fsp3) is 0.536. The largest absolute Gasteiger partial charge is 0.504 e. The molecule has 2 aliphatic carbocycles. The number of aromatic hydroxyl groups is 1. The molecule has 1 fully saturated rings. The number of hydrogen-bond donors (Lipinski definition) is 2. The van der Waals surface area contributed by atoms with Crippen LogP contribution < -0.4 is 10.1 Å². The molecular weight excluding hydrogens is 462 g/mol. The molecule has 0 bridgehead atoms. The zero-order valence-corrected chi connectivity index (χ0v) is 21.4. The smallest absolute Gasteiger partial charge is 0.337 e. The molecule has 8 nitrogen and oxygen atoms in total. The van der Waals surface area contributed by atoms with Gasteiger partial charge in [-0.3, -0.25) is 9.59 Å². The Balaban J connectivity index is 1.80. The van der Waals surface area contributed by atoms with Gasteiger partial charge in [0.1, 0.15) is 12.0 Å². The van der Waals surface area contributed by atoms with Gasteiger partial charge in [-0.1, -0.05) is 25.8 Å². The van der Waals surface area contributed by atoms with Crippen LogP contribution in [0.5, 0.6) is 11.5 Å². The van der Waals surface area contributed by atoms with Crippen LogP contribution in [0.2, 0.25) is 0 Å². The Morgan fingerprint density at radius 2 is 1.78 bits per heavy atom. The summed E-state index contributed by atoms with van der Waals surface area (Å²) in [5.74, 6) is -3.26. The Morgan fingerprint density at radius 1 is 1.08 bits per heavy atom. The van der Waals surface area contributed by atoms with Crippen LogP contribution in [0.25, 0.3) is 0 Å². The first-order chi connectivity index (χ1) is 17.3. The topological polar surface area (TPSA) is 111 Å². The number of carbonyl (C=O) groups is 3. The zero-order valence-electron chi connectivity index (χ0n) is 21.4. The third-order valence-electron chi connectivity index (χ3n) is 7.58. The van der Waals surface area contributed by atoms with Crippen molar-refractivity contribution in [2.24, 2.45) is 11.8 Å². The van der Waals surface area contributed by atoms with E-state index in [1.54, 1.807) is 19.1 Å². The maximum Gasteiger partial charge on any atom is 0.337 e. The molecule has 1 aromatic rings. The van der Waals surface area contributed by atoms with Crippen molar-refractivity contribution >= 4 is 17.7 Å². The van der Waals surface area contributed by atoms with Gasteiger partial charge in [0, 0.05) is 22.9 Å². The molecule has 0 amide bonds. The summed E-state index contributed by atoms with van der Waals surface area (Å²) in [6.45, 7) is 3.65. The molecule has 0 spiro atoms. The van der Waals surface area contributed by atoms with E-state index in [2.05, 4.69) is 5.32 Å². The summed E-state index contributed by atoms with van der Waals surface area (Å²) in [6, 6.07) is 4.78. The summed E-state index contributed by atoms with van der Waals surface area (Å²) in [5, 5.41) is 13.5. The number of allylic oxidation sites excluding steroid dienone is 3. The van der Waals surface area contributed by atoms with E-state index in [9.17, 15) is 19.5 Å². The number of rotatable bonds is 5. The Hall–Kier alpha value is -3.29. The van der Waals surface area contributed by atoms with Crippen molar-refractivity contribution in [3.63, 3.8) is 0 Å². The molecule has 0 aromatic heterocycles. The van der Waals surface area contributed by atoms with Gasteiger partial charge in [0.05, 0.1) is 19.8 Å². The number of nitrogens with one attached hydrogen (secondary N) is 1. The van der Waals surface area contributed by atoms with Gasteiger partial charge in [-0.15, -0.1) is 0 Å². The standard InChI is InChI=1S/C28H35NO7/c1-15-13-19-25(26(31)22(15)27(32)35-4)24(17-11-12-20(30)21(14-17)34-3)23(16(2)29-19)28(33)36-18-9-7-5-6-8-10-18/h11-12,14-15,18,22,24,29-30H,5-10,13H2,1-4H3/t15-,22+,24+/m0/s1. The van der Waals surface area contributed by atoms with E-state index in [-0.39, 0.29) is 29.3 Å². The van der Waals surface area contributed by atoms with Crippen molar-refractivity contribution in [2.75, 3.05) is 14.2 Å². The molecule has 3 aliphatic rings. The van der Waals surface area contributed by atoms with Crippen LogP contribution in [0.15, 0.2) is 40.7 Å². The van der Waals surface area contributed by atoms with E-state index in [0.717, 1.165) is 38.5 Å². The Labute approximate surface area is 211 Å². The fourth-order valence-corrected chi connectivity index (χ4v) is 5.73. The summed E-state index contributed by atoms with van der Waals surface area (Å²) >= 11 is 0. The van der Waals surface area contributed by atoms with Crippen molar-refractivity contribution in [3.05, 3.63) is 46.3 Å². The number of carbonyl (C=O) groups excluding carboxylic acids is 3. The van der Waals surface area contributed by atoms with E-state index in [4.69, 9.17) is 14.2 Å². The van der Waals surface area contributed by atoms with Gasteiger partial charge < -0.3 is 24.6 Å². The predicted octanol–water partition coefficient (Wildman–Crippen LogP) is 4.28. The van der Waals surface area contributed by atoms with Crippen molar-refractivity contribution in [3.8, 4) is 11.5 Å². The molecule has 4 rings (SSSR count). The number of esters is 2. The van der Waals surface area contributed by atoms with Crippen LogP contribution >= 0.6 is 0 Å². The summed E-state index contributed by atoms with van der Waals surface area (Å²) < 4.78 is 16.3. The number of methoxy groups -OCH3 is 2. The molecular formula is C28H35NO7. The van der Waals surface area contributed by atoms with Crippen LogP contribution in [-0.4, -0.2) is 43.2 Å². The van der Waals surface area contributed by atoms with Crippen molar-refractivity contribution < 1.29 is 33.7 Å². The average Bonchev–Trinajstić information content (AvgIpc) is 3.11. The number of phenolic OH excluding ortho intramolecular Hbond substituents is 1. The zero-order chi connectivity index (χ0) is 26.0. The molecule has 0 saturated heterocycles. The first kappa shape index (κ1) is 25.8. The van der Waals surface area contributed by atoms with E-state index in [0.29, 0.717) is 34.5 Å². The molecule has 1 aromatic carbocycles. The minimum atomic E-state index is -0.963. The summed E-state index contributed by atoms with van der Waals surface area (Å²) in [4.78, 5) is 40.1. The van der Waals surface area contributed by atoms with Crippen molar-refractivity contribution in [1.82, 2.24) is 5.32 Å². The lowest BCUT2D eigenvalue weighted by Gasteiger charge is -2.38. The minimum Gasteiger partial charge on any atom is -0.504 e. The van der Waals surface area contributed by atoms with E-state index < -0.39 is 23.8 Å². The van der Waals surface area contributed by atoms with Crippen LogP contribution in [0.1, 0.15) is 70.3 Å². The number of phenols is 1. The molecule has 36 heavy (non-hydrogen) atoms. The predicted molar refractivity (Wildman–Crippen MR) is 132 cm³/mol. The SMILES string of the molecule is COC(=O)[C@H]1C(=O)C2=C(C[C@@H]1C)NC(C)=C(C(=O)OC1CCCCCC1)[C@H]2c1ccc(O)c(OC)c1. The maximum absolute atomic E-state index is 13.8. The highest BCUT2D eigenvalue weighted by atomic mass is 16.5. The lowest BCUT2D eigenvalue weighted by molar-refractivity contribution is -0.151. The molecule has 2 N–H and O–H groups in total. The number of Topliss-reactive ketones (excluding diaryl/α,β-unsaturated/α-hetero) is 1. The van der Waals surface area contributed by atoms with Gasteiger partial charge >= 0.3 is 11.9 Å². The lowest BCUT2D eigenvalue weighted by atomic mass is 9.69. The quantitative estimate of drug-likeness (QED) is 0.352. The normalized spacial score (nSPS) is 25.0. The molecule has 1 saturated carbocycles. The molecule has 0 unspecified atom stereocenters. The molecule has 3 atom stereocenters. The Kier molecular flexibility index (Phi) is 7.71. The molecule has 0 radical (unpaired) electrons.